The van der Waals surface area contributed by atoms with E-state index in [0.29, 0.717) is 18.7 Å². The standard InChI is InChI=1S/C13H15N3O2/c1-9-6-11(16-18-9)8-15-7-10-4-2-3-5-12(10)13(14)17/h2-6,15H,7-8H2,1H3,(H2,14,17). The second kappa shape index (κ2) is 5.46. The molecule has 2 rings (SSSR count). The summed E-state index contributed by atoms with van der Waals surface area (Å²) in [4.78, 5) is 11.2. The van der Waals surface area contributed by atoms with Crippen molar-refractivity contribution in [2.45, 2.75) is 20.0 Å². The van der Waals surface area contributed by atoms with Gasteiger partial charge in [-0.2, -0.15) is 0 Å². The van der Waals surface area contributed by atoms with Crippen LogP contribution in [0.2, 0.25) is 0 Å². The Morgan fingerprint density at radius 3 is 2.83 bits per heavy atom. The van der Waals surface area contributed by atoms with E-state index in [0.717, 1.165) is 17.0 Å². The Kier molecular flexibility index (Phi) is 3.74. The molecule has 2 aromatic rings. The Morgan fingerprint density at radius 1 is 1.39 bits per heavy atom. The van der Waals surface area contributed by atoms with Crippen LogP contribution in [-0.4, -0.2) is 11.1 Å². The van der Waals surface area contributed by atoms with Gasteiger partial charge in [0, 0.05) is 24.7 Å². The monoisotopic (exact) mass is 245 g/mol. The van der Waals surface area contributed by atoms with Crippen molar-refractivity contribution in [3.8, 4) is 0 Å². The third-order valence-corrected chi connectivity index (χ3v) is 2.58. The van der Waals surface area contributed by atoms with Gasteiger partial charge in [0.25, 0.3) is 0 Å². The summed E-state index contributed by atoms with van der Waals surface area (Å²) in [5.74, 6) is 0.369. The molecule has 0 bridgehead atoms. The summed E-state index contributed by atoms with van der Waals surface area (Å²) in [6.45, 7) is 2.99. The Labute approximate surface area is 105 Å². The van der Waals surface area contributed by atoms with Crippen molar-refractivity contribution < 1.29 is 9.32 Å². The Hall–Kier alpha value is -2.14. The van der Waals surface area contributed by atoms with Gasteiger partial charge >= 0.3 is 0 Å². The molecule has 5 heteroatoms. The average molecular weight is 245 g/mol. The molecule has 0 aliphatic rings. The van der Waals surface area contributed by atoms with Gasteiger partial charge in [0.2, 0.25) is 5.91 Å². The first kappa shape index (κ1) is 12.3. The first-order valence-electron chi connectivity index (χ1n) is 5.67. The van der Waals surface area contributed by atoms with Crippen molar-refractivity contribution >= 4 is 5.91 Å². The smallest absolute Gasteiger partial charge is 0.249 e. The SMILES string of the molecule is Cc1cc(CNCc2ccccc2C(N)=O)no1. The number of nitrogens with two attached hydrogens (primary N) is 1. The van der Waals surface area contributed by atoms with Crippen LogP contribution in [-0.2, 0) is 13.1 Å². The van der Waals surface area contributed by atoms with Gasteiger partial charge in [-0.1, -0.05) is 23.4 Å². The summed E-state index contributed by atoms with van der Waals surface area (Å²) >= 11 is 0. The lowest BCUT2D eigenvalue weighted by atomic mass is 10.1. The third kappa shape index (κ3) is 2.95. The fourth-order valence-electron chi connectivity index (χ4n) is 1.74. The second-order valence-electron chi connectivity index (χ2n) is 4.05. The number of carbonyl (C=O) groups excluding carboxylic acids is 1. The number of carbonyl (C=O) groups is 1. The van der Waals surface area contributed by atoms with Crippen LogP contribution < -0.4 is 11.1 Å². The van der Waals surface area contributed by atoms with Crippen molar-refractivity contribution in [3.05, 3.63) is 52.9 Å². The van der Waals surface area contributed by atoms with Gasteiger partial charge in [0.15, 0.2) is 0 Å². The van der Waals surface area contributed by atoms with Crippen LogP contribution in [0.25, 0.3) is 0 Å². The van der Waals surface area contributed by atoms with Gasteiger partial charge in [0.05, 0.1) is 5.69 Å². The molecule has 1 amide bonds. The first-order chi connectivity index (χ1) is 8.66. The van der Waals surface area contributed by atoms with Gasteiger partial charge < -0.3 is 15.6 Å². The summed E-state index contributed by atoms with van der Waals surface area (Å²) < 4.78 is 4.97. The zero-order valence-corrected chi connectivity index (χ0v) is 10.1. The van der Waals surface area contributed by atoms with E-state index in [-0.39, 0.29) is 0 Å². The van der Waals surface area contributed by atoms with Gasteiger partial charge in [-0.25, -0.2) is 0 Å². The molecule has 3 N–H and O–H groups in total. The maximum atomic E-state index is 11.2. The zero-order chi connectivity index (χ0) is 13.0. The molecule has 0 unspecified atom stereocenters. The number of nitrogens with zero attached hydrogens (tertiary/aromatic N) is 1. The van der Waals surface area contributed by atoms with Crippen molar-refractivity contribution in [2.75, 3.05) is 0 Å². The zero-order valence-electron chi connectivity index (χ0n) is 10.1. The normalized spacial score (nSPS) is 10.5. The highest BCUT2D eigenvalue weighted by Gasteiger charge is 2.07. The number of hydrogen-bond acceptors (Lipinski definition) is 4. The quantitative estimate of drug-likeness (QED) is 0.833. The fourth-order valence-corrected chi connectivity index (χ4v) is 1.74. The van der Waals surface area contributed by atoms with E-state index in [1.54, 1.807) is 12.1 Å². The predicted molar refractivity (Wildman–Crippen MR) is 66.7 cm³/mol. The number of amides is 1. The number of aromatic nitrogens is 1. The predicted octanol–water partition coefficient (Wildman–Crippen LogP) is 1.37. The topological polar surface area (TPSA) is 81.1 Å². The third-order valence-electron chi connectivity index (χ3n) is 2.58. The lowest BCUT2D eigenvalue weighted by molar-refractivity contribution is 0.0999. The minimum absolute atomic E-state index is 0.412. The minimum atomic E-state index is -0.412. The van der Waals surface area contributed by atoms with E-state index in [9.17, 15) is 4.79 Å². The highest BCUT2D eigenvalue weighted by molar-refractivity contribution is 5.94. The Bertz CT molecular complexity index is 549. The van der Waals surface area contributed by atoms with E-state index in [2.05, 4.69) is 10.5 Å². The van der Waals surface area contributed by atoms with Crippen molar-refractivity contribution in [1.29, 1.82) is 0 Å². The lowest BCUT2D eigenvalue weighted by Crippen LogP contribution is -2.18. The molecule has 0 aliphatic heterocycles. The molecule has 0 saturated heterocycles. The van der Waals surface area contributed by atoms with Gasteiger partial charge in [-0.3, -0.25) is 4.79 Å². The van der Waals surface area contributed by atoms with Gasteiger partial charge in [-0.05, 0) is 18.6 Å². The van der Waals surface area contributed by atoms with E-state index >= 15 is 0 Å². The molecule has 5 nitrogen and oxygen atoms in total. The van der Waals surface area contributed by atoms with Crippen LogP contribution in [0.1, 0.15) is 27.4 Å². The van der Waals surface area contributed by atoms with Crippen LogP contribution in [0.4, 0.5) is 0 Å². The highest BCUT2D eigenvalue weighted by Crippen LogP contribution is 2.08. The molecule has 0 spiro atoms. The van der Waals surface area contributed by atoms with Crippen LogP contribution in [0, 0.1) is 6.92 Å². The molecule has 1 heterocycles. The largest absolute Gasteiger partial charge is 0.366 e. The fraction of sp³-hybridized carbons (Fsp3) is 0.231. The Morgan fingerprint density at radius 2 is 2.17 bits per heavy atom. The van der Waals surface area contributed by atoms with Crippen molar-refractivity contribution in [1.82, 2.24) is 10.5 Å². The molecule has 0 saturated carbocycles. The van der Waals surface area contributed by atoms with Crippen LogP contribution in [0.15, 0.2) is 34.9 Å². The molecule has 1 aromatic heterocycles. The minimum Gasteiger partial charge on any atom is -0.366 e. The first-order valence-corrected chi connectivity index (χ1v) is 5.67. The number of rotatable bonds is 5. The molecule has 18 heavy (non-hydrogen) atoms. The van der Waals surface area contributed by atoms with E-state index in [4.69, 9.17) is 10.3 Å². The van der Waals surface area contributed by atoms with E-state index in [1.807, 2.05) is 25.1 Å². The average Bonchev–Trinajstić information content (AvgIpc) is 2.75. The molecule has 1 aromatic carbocycles. The molecule has 94 valence electrons. The van der Waals surface area contributed by atoms with Crippen molar-refractivity contribution in [2.24, 2.45) is 5.73 Å². The molecular weight excluding hydrogens is 230 g/mol. The summed E-state index contributed by atoms with van der Waals surface area (Å²) in [7, 11) is 0. The molecule has 0 radical (unpaired) electrons. The Balaban J connectivity index is 1.96. The molecule has 0 fully saturated rings. The highest BCUT2D eigenvalue weighted by atomic mass is 16.5. The van der Waals surface area contributed by atoms with Crippen LogP contribution in [0.5, 0.6) is 0 Å². The number of aryl methyl sites for hydroxylation is 1. The molecular formula is C13H15N3O2. The maximum absolute atomic E-state index is 11.2. The van der Waals surface area contributed by atoms with Crippen LogP contribution in [0.3, 0.4) is 0 Å². The van der Waals surface area contributed by atoms with Gasteiger partial charge in [0.1, 0.15) is 5.76 Å². The van der Waals surface area contributed by atoms with Crippen molar-refractivity contribution in [3.63, 3.8) is 0 Å². The summed E-state index contributed by atoms with van der Waals surface area (Å²) in [5.41, 5.74) is 7.57. The summed E-state index contributed by atoms with van der Waals surface area (Å²) in [6, 6.07) is 9.14. The van der Waals surface area contributed by atoms with Crippen LogP contribution >= 0.6 is 0 Å². The number of hydrogen-bond donors (Lipinski definition) is 2. The molecule has 0 aliphatic carbocycles. The van der Waals surface area contributed by atoms with E-state index < -0.39 is 5.91 Å². The molecule has 0 atom stereocenters. The summed E-state index contributed by atoms with van der Waals surface area (Å²) in [5, 5.41) is 7.07. The number of primary amides is 1. The maximum Gasteiger partial charge on any atom is 0.249 e. The lowest BCUT2D eigenvalue weighted by Gasteiger charge is -2.06. The number of nitrogens with one attached hydrogen (secondary N) is 1. The second-order valence-corrected chi connectivity index (χ2v) is 4.05. The summed E-state index contributed by atoms with van der Waals surface area (Å²) in [6.07, 6.45) is 0. The number of benzene rings is 1. The van der Waals surface area contributed by atoms with E-state index in [1.165, 1.54) is 0 Å². The van der Waals surface area contributed by atoms with Gasteiger partial charge in [-0.15, -0.1) is 0 Å².